The van der Waals surface area contributed by atoms with Gasteiger partial charge in [0.05, 0.1) is 17.8 Å². The maximum atomic E-state index is 8.94. The lowest BCUT2D eigenvalue weighted by Crippen LogP contribution is -2.05. The molecule has 6 nitrogen and oxygen atoms in total. The number of nitrogens with zero attached hydrogens (tertiary/aromatic N) is 4. The normalized spacial score (nSPS) is 9.57. The van der Waals surface area contributed by atoms with E-state index in [1.54, 1.807) is 24.3 Å². The van der Waals surface area contributed by atoms with Crippen LogP contribution in [0.3, 0.4) is 0 Å². The topological polar surface area (TPSA) is 134 Å². The number of rotatable bonds is 2. The summed E-state index contributed by atoms with van der Waals surface area (Å²) in [7, 11) is 0. The fourth-order valence-electron chi connectivity index (χ4n) is 1.55. The van der Waals surface area contributed by atoms with Crippen LogP contribution in [0.15, 0.2) is 24.3 Å². The first kappa shape index (κ1) is 16.7. The van der Waals surface area contributed by atoms with Crippen LogP contribution >= 0.6 is 23.2 Å². The van der Waals surface area contributed by atoms with Gasteiger partial charge in [-0.1, -0.05) is 23.2 Å². The van der Waals surface area contributed by atoms with E-state index in [1.807, 2.05) is 12.1 Å². The molecule has 0 atom stereocenters. The van der Waals surface area contributed by atoms with Gasteiger partial charge in [0.15, 0.2) is 11.7 Å². The van der Waals surface area contributed by atoms with Gasteiger partial charge in [0, 0.05) is 10.6 Å². The highest BCUT2D eigenvalue weighted by molar-refractivity contribution is 6.33. The van der Waals surface area contributed by atoms with Crippen molar-refractivity contribution in [1.29, 1.82) is 10.5 Å². The Balaban J connectivity index is 0.00000220. The van der Waals surface area contributed by atoms with Gasteiger partial charge in [0.2, 0.25) is 0 Å². The Morgan fingerprint density at radius 2 is 1.62 bits per heavy atom. The lowest BCUT2D eigenvalue weighted by molar-refractivity contribution is 0.992. The predicted octanol–water partition coefficient (Wildman–Crippen LogP) is 3.33. The molecule has 0 saturated carbocycles. The minimum absolute atomic E-state index is 0. The summed E-state index contributed by atoms with van der Waals surface area (Å²) >= 11 is 11.8. The van der Waals surface area contributed by atoms with Crippen molar-refractivity contribution >= 4 is 29.0 Å². The van der Waals surface area contributed by atoms with Crippen LogP contribution in [-0.2, 0) is 0 Å². The zero-order valence-corrected chi connectivity index (χ0v) is 12.2. The molecule has 8 heteroatoms. The highest BCUT2D eigenvalue weighted by Crippen LogP contribution is 2.29. The van der Waals surface area contributed by atoms with E-state index in [-0.39, 0.29) is 28.5 Å². The molecule has 0 aliphatic heterocycles. The molecule has 0 bridgehead atoms. The van der Waals surface area contributed by atoms with E-state index in [4.69, 9.17) is 39.5 Å². The summed E-state index contributed by atoms with van der Waals surface area (Å²) in [5.74, 6) is -0.787. The van der Waals surface area contributed by atoms with Gasteiger partial charge in [0.25, 0.3) is 0 Å². The van der Waals surface area contributed by atoms with E-state index < -0.39 is 5.92 Å². The molecule has 2 aromatic rings. The third-order valence-electron chi connectivity index (χ3n) is 2.54. The molecule has 106 valence electrons. The van der Waals surface area contributed by atoms with Gasteiger partial charge in [-0.25, -0.2) is 9.97 Å². The number of halogens is 2. The Hall–Kier alpha value is -2.38. The molecule has 1 aromatic carbocycles. The lowest BCUT2D eigenvalue weighted by Gasteiger charge is -2.09. The average molecular weight is 321 g/mol. The molecule has 0 aliphatic rings. The monoisotopic (exact) mass is 320 g/mol. The number of benzene rings is 1. The minimum atomic E-state index is -1.10. The average Bonchev–Trinajstić information content (AvgIpc) is 2.45. The van der Waals surface area contributed by atoms with Gasteiger partial charge in [0.1, 0.15) is 10.8 Å². The SMILES string of the molecule is N.N#CC(C#N)c1nc(-c2ccc(Cl)cc2)nc(N)c1Cl. The van der Waals surface area contributed by atoms with Crippen LogP contribution in [0, 0.1) is 22.7 Å². The van der Waals surface area contributed by atoms with Crippen LogP contribution in [-0.4, -0.2) is 9.97 Å². The smallest absolute Gasteiger partial charge is 0.176 e. The first-order chi connectivity index (χ1) is 9.56. The van der Waals surface area contributed by atoms with E-state index >= 15 is 0 Å². The van der Waals surface area contributed by atoms with E-state index in [9.17, 15) is 0 Å². The molecule has 0 fully saturated rings. The molecule has 0 amide bonds. The first-order valence-corrected chi connectivity index (χ1v) is 6.20. The quantitative estimate of drug-likeness (QED) is 0.871. The summed E-state index contributed by atoms with van der Waals surface area (Å²) in [6.07, 6.45) is 0. The fourth-order valence-corrected chi connectivity index (χ4v) is 1.87. The van der Waals surface area contributed by atoms with Crippen LogP contribution < -0.4 is 11.9 Å². The summed E-state index contributed by atoms with van der Waals surface area (Å²) in [6.45, 7) is 0. The maximum absolute atomic E-state index is 8.94. The first-order valence-electron chi connectivity index (χ1n) is 5.45. The molecule has 21 heavy (non-hydrogen) atoms. The second-order valence-corrected chi connectivity index (χ2v) is 4.64. The zero-order valence-electron chi connectivity index (χ0n) is 10.7. The molecule has 1 heterocycles. The van der Waals surface area contributed by atoms with Crippen molar-refractivity contribution < 1.29 is 0 Å². The number of hydrogen-bond donors (Lipinski definition) is 2. The molecule has 0 unspecified atom stereocenters. The Morgan fingerprint density at radius 3 is 2.14 bits per heavy atom. The molecule has 5 N–H and O–H groups in total. The van der Waals surface area contributed by atoms with Crippen molar-refractivity contribution in [3.8, 4) is 23.5 Å². The number of aromatic nitrogens is 2. The number of anilines is 1. The van der Waals surface area contributed by atoms with Crippen molar-refractivity contribution in [3.63, 3.8) is 0 Å². The van der Waals surface area contributed by atoms with Gasteiger partial charge >= 0.3 is 0 Å². The molecule has 0 saturated heterocycles. The molecular weight excluding hydrogens is 311 g/mol. The standard InChI is InChI=1S/C13H7Cl2N5.H3N/c14-9-3-1-7(2-4-9)13-19-11(8(5-16)6-17)10(15)12(18)20-13;/h1-4,8H,(H2,18,19,20);1H3. The lowest BCUT2D eigenvalue weighted by atomic mass is 10.1. The third-order valence-corrected chi connectivity index (χ3v) is 3.18. The largest absolute Gasteiger partial charge is 0.382 e. The highest BCUT2D eigenvalue weighted by atomic mass is 35.5. The van der Waals surface area contributed by atoms with Crippen molar-refractivity contribution in [2.24, 2.45) is 0 Å². The molecule has 0 aliphatic carbocycles. The molecule has 1 aromatic heterocycles. The van der Waals surface area contributed by atoms with E-state index in [2.05, 4.69) is 9.97 Å². The van der Waals surface area contributed by atoms with Gasteiger partial charge < -0.3 is 11.9 Å². The van der Waals surface area contributed by atoms with Crippen LogP contribution in [0.5, 0.6) is 0 Å². The Bertz CT molecular complexity index is 716. The van der Waals surface area contributed by atoms with Crippen LogP contribution in [0.25, 0.3) is 11.4 Å². The summed E-state index contributed by atoms with van der Waals surface area (Å²) in [4.78, 5) is 8.22. The second kappa shape index (κ2) is 6.87. The number of nitrogens with two attached hydrogens (primary N) is 1. The zero-order chi connectivity index (χ0) is 14.7. The predicted molar refractivity (Wildman–Crippen MR) is 80.9 cm³/mol. The van der Waals surface area contributed by atoms with E-state index in [0.717, 1.165) is 0 Å². The Labute approximate surface area is 131 Å². The van der Waals surface area contributed by atoms with E-state index in [0.29, 0.717) is 10.6 Å². The number of nitrogen functional groups attached to an aromatic ring is 1. The summed E-state index contributed by atoms with van der Waals surface area (Å²) in [5, 5.41) is 18.5. The van der Waals surface area contributed by atoms with Gasteiger partial charge in [-0.3, -0.25) is 0 Å². The second-order valence-electron chi connectivity index (χ2n) is 3.83. The van der Waals surface area contributed by atoms with Crippen LogP contribution in [0.2, 0.25) is 10.0 Å². The molecule has 2 rings (SSSR count). The van der Waals surface area contributed by atoms with Crippen molar-refractivity contribution in [2.75, 3.05) is 5.73 Å². The minimum Gasteiger partial charge on any atom is -0.382 e. The summed E-state index contributed by atoms with van der Waals surface area (Å²) in [6, 6.07) is 10.4. The molecule has 0 spiro atoms. The van der Waals surface area contributed by atoms with Crippen LogP contribution in [0.4, 0.5) is 5.82 Å². The number of hydrogen-bond acceptors (Lipinski definition) is 6. The van der Waals surface area contributed by atoms with Crippen LogP contribution in [0.1, 0.15) is 11.6 Å². The fraction of sp³-hybridized carbons (Fsp3) is 0.0769. The van der Waals surface area contributed by atoms with Gasteiger partial charge in [-0.15, -0.1) is 0 Å². The maximum Gasteiger partial charge on any atom is 0.176 e. The third kappa shape index (κ3) is 3.39. The Morgan fingerprint density at radius 1 is 1.05 bits per heavy atom. The molecule has 0 radical (unpaired) electrons. The van der Waals surface area contributed by atoms with Gasteiger partial charge in [-0.05, 0) is 24.3 Å². The van der Waals surface area contributed by atoms with E-state index in [1.165, 1.54) is 0 Å². The highest BCUT2D eigenvalue weighted by Gasteiger charge is 2.20. The summed E-state index contributed by atoms with van der Waals surface area (Å²) < 4.78 is 0. The Kier molecular flexibility index (Phi) is 5.45. The van der Waals surface area contributed by atoms with Crippen molar-refractivity contribution in [2.45, 2.75) is 5.92 Å². The van der Waals surface area contributed by atoms with Gasteiger partial charge in [-0.2, -0.15) is 10.5 Å². The number of nitriles is 2. The van der Waals surface area contributed by atoms with Crippen molar-refractivity contribution in [1.82, 2.24) is 16.1 Å². The van der Waals surface area contributed by atoms with Crippen molar-refractivity contribution in [3.05, 3.63) is 40.0 Å². The summed E-state index contributed by atoms with van der Waals surface area (Å²) in [5.41, 5.74) is 6.47. The molecular formula is C13H10Cl2N6.